The van der Waals surface area contributed by atoms with Crippen LogP contribution in [-0.4, -0.2) is 11.1 Å². The highest BCUT2D eigenvalue weighted by molar-refractivity contribution is 9.09. The van der Waals surface area contributed by atoms with Crippen LogP contribution >= 0.6 is 39.3 Å². The molecule has 0 N–H and O–H groups in total. The van der Waals surface area contributed by atoms with E-state index in [0.717, 1.165) is 16.1 Å². The summed E-state index contributed by atoms with van der Waals surface area (Å²) in [5, 5.41) is 1.86. The number of hydrogen-bond acceptors (Lipinski definition) is 1. The number of halogens is 2. The van der Waals surface area contributed by atoms with Crippen LogP contribution in [0.15, 0.2) is 29.2 Å². The minimum absolute atomic E-state index is 0.342. The van der Waals surface area contributed by atoms with Gasteiger partial charge in [0.05, 0.1) is 0 Å². The van der Waals surface area contributed by atoms with E-state index in [9.17, 15) is 0 Å². The minimum Gasteiger partial charge on any atom is -0.126 e. The van der Waals surface area contributed by atoms with Crippen LogP contribution in [0, 0.1) is 11.3 Å². The summed E-state index contributed by atoms with van der Waals surface area (Å²) >= 11 is 11.4. The molecule has 0 aliphatic rings. The van der Waals surface area contributed by atoms with Crippen molar-refractivity contribution in [2.45, 2.75) is 25.7 Å². The second kappa shape index (κ2) is 6.32. The molecule has 0 saturated carbocycles. The first kappa shape index (κ1) is 14.4. The Kier molecular flexibility index (Phi) is 5.69. The van der Waals surface area contributed by atoms with E-state index in [4.69, 9.17) is 11.6 Å². The molecule has 90 valence electrons. The van der Waals surface area contributed by atoms with Crippen LogP contribution in [0.1, 0.15) is 20.8 Å². The summed E-state index contributed by atoms with van der Waals surface area (Å²) in [5.74, 6) is 1.78. The molecule has 0 bridgehead atoms. The van der Waals surface area contributed by atoms with Crippen molar-refractivity contribution >= 4 is 39.3 Å². The molecular formula is C13H18BrClS. The summed E-state index contributed by atoms with van der Waals surface area (Å²) < 4.78 is 0. The first-order chi connectivity index (χ1) is 7.43. The first-order valence-electron chi connectivity index (χ1n) is 5.38. The van der Waals surface area contributed by atoms with Gasteiger partial charge in [0.1, 0.15) is 0 Å². The SMILES string of the molecule is CC(C)(C)C(CBr)CSc1cccc(Cl)c1. The highest BCUT2D eigenvalue weighted by atomic mass is 79.9. The van der Waals surface area contributed by atoms with Crippen molar-refractivity contribution in [1.29, 1.82) is 0 Å². The maximum absolute atomic E-state index is 5.96. The Morgan fingerprint density at radius 3 is 2.56 bits per heavy atom. The Labute approximate surface area is 116 Å². The van der Waals surface area contributed by atoms with Crippen LogP contribution in [0.25, 0.3) is 0 Å². The molecule has 16 heavy (non-hydrogen) atoms. The molecule has 0 radical (unpaired) electrons. The molecule has 0 heterocycles. The summed E-state index contributed by atoms with van der Waals surface area (Å²) in [6.07, 6.45) is 0. The molecule has 0 spiro atoms. The summed E-state index contributed by atoms with van der Waals surface area (Å²) in [5.41, 5.74) is 0.342. The van der Waals surface area contributed by atoms with Crippen molar-refractivity contribution < 1.29 is 0 Å². The Morgan fingerprint density at radius 1 is 1.38 bits per heavy atom. The van der Waals surface area contributed by atoms with Crippen LogP contribution in [-0.2, 0) is 0 Å². The normalized spacial score (nSPS) is 13.8. The van der Waals surface area contributed by atoms with Crippen molar-refractivity contribution in [2.24, 2.45) is 11.3 Å². The maximum Gasteiger partial charge on any atom is 0.0417 e. The number of alkyl halides is 1. The number of benzene rings is 1. The molecule has 0 aliphatic heterocycles. The van der Waals surface area contributed by atoms with E-state index in [1.165, 1.54) is 4.90 Å². The maximum atomic E-state index is 5.96. The van der Waals surface area contributed by atoms with Gasteiger partial charge in [0.25, 0.3) is 0 Å². The number of rotatable bonds is 4. The molecule has 3 heteroatoms. The number of hydrogen-bond donors (Lipinski definition) is 0. The quantitative estimate of drug-likeness (QED) is 0.522. The number of thioether (sulfide) groups is 1. The first-order valence-corrected chi connectivity index (χ1v) is 7.86. The molecule has 0 saturated heterocycles. The molecule has 1 aromatic rings. The van der Waals surface area contributed by atoms with Crippen LogP contribution in [0.2, 0.25) is 5.02 Å². The third-order valence-electron chi connectivity index (χ3n) is 2.66. The van der Waals surface area contributed by atoms with Gasteiger partial charge in [-0.25, -0.2) is 0 Å². The fourth-order valence-corrected chi connectivity index (χ4v) is 4.43. The van der Waals surface area contributed by atoms with E-state index in [2.05, 4.69) is 42.8 Å². The van der Waals surface area contributed by atoms with E-state index < -0.39 is 0 Å². The predicted octanol–water partition coefficient (Wildman–Crippen LogP) is 5.49. The zero-order chi connectivity index (χ0) is 12.2. The van der Waals surface area contributed by atoms with Crippen LogP contribution < -0.4 is 0 Å². The zero-order valence-corrected chi connectivity index (χ0v) is 13.1. The topological polar surface area (TPSA) is 0 Å². The second-order valence-electron chi connectivity index (χ2n) is 4.99. The fraction of sp³-hybridized carbons (Fsp3) is 0.538. The van der Waals surface area contributed by atoms with Gasteiger partial charge in [-0.2, -0.15) is 0 Å². The van der Waals surface area contributed by atoms with Crippen LogP contribution in [0.5, 0.6) is 0 Å². The van der Waals surface area contributed by atoms with Gasteiger partial charge in [0, 0.05) is 21.0 Å². The molecule has 1 atom stereocenters. The van der Waals surface area contributed by atoms with Gasteiger partial charge in [0.2, 0.25) is 0 Å². The Morgan fingerprint density at radius 2 is 2.06 bits per heavy atom. The molecule has 0 aliphatic carbocycles. The van der Waals surface area contributed by atoms with E-state index in [0.29, 0.717) is 11.3 Å². The van der Waals surface area contributed by atoms with Crippen molar-refractivity contribution in [1.82, 2.24) is 0 Å². The molecular weight excluding hydrogens is 304 g/mol. The Balaban J connectivity index is 2.56. The molecule has 0 aromatic heterocycles. The third kappa shape index (κ3) is 4.68. The molecule has 1 aromatic carbocycles. The summed E-state index contributed by atoms with van der Waals surface area (Å²) in [6.45, 7) is 6.87. The van der Waals surface area contributed by atoms with Crippen molar-refractivity contribution in [3.05, 3.63) is 29.3 Å². The van der Waals surface area contributed by atoms with E-state index >= 15 is 0 Å². The van der Waals surface area contributed by atoms with E-state index in [1.807, 2.05) is 30.0 Å². The summed E-state index contributed by atoms with van der Waals surface area (Å²) in [4.78, 5) is 1.25. The Bertz CT molecular complexity index is 333. The zero-order valence-electron chi connectivity index (χ0n) is 9.97. The predicted molar refractivity (Wildman–Crippen MR) is 78.9 cm³/mol. The average molecular weight is 322 g/mol. The molecule has 0 amide bonds. The highest BCUT2D eigenvalue weighted by Gasteiger charge is 2.23. The smallest absolute Gasteiger partial charge is 0.0417 e. The molecule has 1 rings (SSSR count). The van der Waals surface area contributed by atoms with Gasteiger partial charge >= 0.3 is 0 Å². The Hall–Kier alpha value is 0.340. The highest BCUT2D eigenvalue weighted by Crippen LogP contribution is 2.33. The largest absolute Gasteiger partial charge is 0.126 e. The lowest BCUT2D eigenvalue weighted by atomic mass is 9.83. The fourth-order valence-electron chi connectivity index (χ4n) is 1.28. The lowest BCUT2D eigenvalue weighted by Crippen LogP contribution is -2.23. The monoisotopic (exact) mass is 320 g/mol. The lowest BCUT2D eigenvalue weighted by molar-refractivity contribution is 0.295. The third-order valence-corrected chi connectivity index (χ3v) is 4.83. The van der Waals surface area contributed by atoms with Gasteiger partial charge < -0.3 is 0 Å². The van der Waals surface area contributed by atoms with E-state index in [1.54, 1.807) is 0 Å². The minimum atomic E-state index is 0.342. The van der Waals surface area contributed by atoms with Crippen LogP contribution in [0.3, 0.4) is 0 Å². The van der Waals surface area contributed by atoms with Crippen LogP contribution in [0.4, 0.5) is 0 Å². The van der Waals surface area contributed by atoms with Gasteiger partial charge in [0.15, 0.2) is 0 Å². The second-order valence-corrected chi connectivity index (χ2v) is 7.16. The molecule has 0 fully saturated rings. The average Bonchev–Trinajstić information content (AvgIpc) is 2.16. The van der Waals surface area contributed by atoms with Crippen molar-refractivity contribution in [3.63, 3.8) is 0 Å². The van der Waals surface area contributed by atoms with Gasteiger partial charge in [-0.05, 0) is 29.5 Å². The lowest BCUT2D eigenvalue weighted by Gasteiger charge is -2.28. The van der Waals surface area contributed by atoms with Crippen molar-refractivity contribution in [3.8, 4) is 0 Å². The van der Waals surface area contributed by atoms with Gasteiger partial charge in [-0.15, -0.1) is 11.8 Å². The molecule has 0 nitrogen and oxygen atoms in total. The van der Waals surface area contributed by atoms with E-state index in [-0.39, 0.29) is 0 Å². The molecule has 1 unspecified atom stereocenters. The summed E-state index contributed by atoms with van der Waals surface area (Å²) in [7, 11) is 0. The summed E-state index contributed by atoms with van der Waals surface area (Å²) in [6, 6.07) is 8.06. The van der Waals surface area contributed by atoms with Gasteiger partial charge in [-0.1, -0.05) is 54.4 Å². The standard InChI is InChI=1S/C13H18BrClS/c1-13(2,3)10(8-14)9-16-12-6-4-5-11(15)7-12/h4-7,10H,8-9H2,1-3H3. The van der Waals surface area contributed by atoms with Crippen molar-refractivity contribution in [2.75, 3.05) is 11.1 Å². The van der Waals surface area contributed by atoms with Gasteiger partial charge in [-0.3, -0.25) is 0 Å².